The maximum atomic E-state index is 3.72. The van der Waals surface area contributed by atoms with Crippen LogP contribution in [0.5, 0.6) is 0 Å². The molecule has 0 saturated carbocycles. The zero-order valence-corrected chi connectivity index (χ0v) is 4.42. The van der Waals surface area contributed by atoms with Crippen molar-refractivity contribution in [2.24, 2.45) is 5.10 Å². The third-order valence-corrected chi connectivity index (χ3v) is 0.901. The SMILES string of the molecule is CN1C=NNN1C. The fourth-order valence-electron chi connectivity index (χ4n) is 0.341. The average molecular weight is 100 g/mol. The third-order valence-electron chi connectivity index (χ3n) is 0.901. The highest BCUT2D eigenvalue weighted by Gasteiger charge is 2.02. The molecular formula is C3H8N4. The Morgan fingerprint density at radius 3 is 2.43 bits per heavy atom. The van der Waals surface area contributed by atoms with Crippen molar-refractivity contribution in [1.29, 1.82) is 0 Å². The number of hydrazine groups is 2. The minimum atomic E-state index is 1.69. The first-order chi connectivity index (χ1) is 3.30. The van der Waals surface area contributed by atoms with Crippen molar-refractivity contribution in [3.05, 3.63) is 0 Å². The maximum Gasteiger partial charge on any atom is 0.128 e. The molecule has 4 nitrogen and oxygen atoms in total. The van der Waals surface area contributed by atoms with Gasteiger partial charge < -0.3 is 0 Å². The minimum Gasteiger partial charge on any atom is -0.278 e. The number of nitrogens with one attached hydrogen (secondary N) is 1. The largest absolute Gasteiger partial charge is 0.278 e. The maximum absolute atomic E-state index is 3.72. The topological polar surface area (TPSA) is 30.9 Å². The molecule has 0 amide bonds. The number of rotatable bonds is 0. The molecule has 7 heavy (non-hydrogen) atoms. The minimum absolute atomic E-state index is 1.69. The number of hydrogen-bond acceptors (Lipinski definition) is 4. The van der Waals surface area contributed by atoms with Crippen molar-refractivity contribution in [3.63, 3.8) is 0 Å². The predicted octanol–water partition coefficient (Wildman–Crippen LogP) is -0.774. The van der Waals surface area contributed by atoms with Gasteiger partial charge in [0, 0.05) is 14.1 Å². The molecule has 0 fully saturated rings. The first kappa shape index (κ1) is 4.39. The highest BCUT2D eigenvalue weighted by Crippen LogP contribution is 1.85. The van der Waals surface area contributed by atoms with E-state index in [9.17, 15) is 0 Å². The Balaban J connectivity index is 2.45. The summed E-state index contributed by atoms with van der Waals surface area (Å²) in [6, 6.07) is 0. The summed E-state index contributed by atoms with van der Waals surface area (Å²) in [5.41, 5.74) is 2.70. The van der Waals surface area contributed by atoms with Gasteiger partial charge in [0.15, 0.2) is 0 Å². The van der Waals surface area contributed by atoms with Crippen LogP contribution in [0.2, 0.25) is 0 Å². The van der Waals surface area contributed by atoms with Crippen LogP contribution in [0.3, 0.4) is 0 Å². The summed E-state index contributed by atoms with van der Waals surface area (Å²) < 4.78 is 0. The van der Waals surface area contributed by atoms with Gasteiger partial charge in [-0.2, -0.15) is 5.10 Å². The second-order valence-electron chi connectivity index (χ2n) is 1.44. The standard InChI is InChI=1S/C3H8N4/c1-6-3-4-5-7(6)2/h3,5H,1-2H3. The fraction of sp³-hybridized carbons (Fsp3) is 0.667. The van der Waals surface area contributed by atoms with Gasteiger partial charge in [0.05, 0.1) is 0 Å². The van der Waals surface area contributed by atoms with Crippen molar-refractivity contribution in [2.45, 2.75) is 0 Å². The zero-order chi connectivity index (χ0) is 5.28. The monoisotopic (exact) mass is 100 g/mol. The van der Waals surface area contributed by atoms with Crippen molar-refractivity contribution in [3.8, 4) is 0 Å². The normalized spacial score (nSPS) is 20.6. The Hall–Kier alpha value is -0.770. The first-order valence-electron chi connectivity index (χ1n) is 2.06. The van der Waals surface area contributed by atoms with Crippen LogP contribution >= 0.6 is 0 Å². The zero-order valence-electron chi connectivity index (χ0n) is 4.42. The van der Waals surface area contributed by atoms with E-state index in [2.05, 4.69) is 10.6 Å². The van der Waals surface area contributed by atoms with E-state index in [-0.39, 0.29) is 0 Å². The van der Waals surface area contributed by atoms with Gasteiger partial charge in [-0.1, -0.05) is 0 Å². The predicted molar refractivity (Wildman–Crippen MR) is 27.2 cm³/mol. The Morgan fingerprint density at radius 1 is 1.57 bits per heavy atom. The molecule has 1 heterocycles. The highest BCUT2D eigenvalue weighted by molar-refractivity contribution is 5.54. The third kappa shape index (κ3) is 0.640. The summed E-state index contributed by atoms with van der Waals surface area (Å²) in [5, 5.41) is 7.32. The molecule has 0 aromatic heterocycles. The molecule has 0 aromatic carbocycles. The molecule has 0 spiro atoms. The van der Waals surface area contributed by atoms with E-state index < -0.39 is 0 Å². The van der Waals surface area contributed by atoms with Gasteiger partial charge >= 0.3 is 0 Å². The van der Waals surface area contributed by atoms with E-state index >= 15 is 0 Å². The van der Waals surface area contributed by atoms with Crippen molar-refractivity contribution in [1.82, 2.24) is 15.7 Å². The van der Waals surface area contributed by atoms with Crippen molar-refractivity contribution < 1.29 is 0 Å². The van der Waals surface area contributed by atoms with Crippen LogP contribution in [-0.2, 0) is 0 Å². The molecule has 1 aliphatic rings. The number of hydrazone groups is 1. The van der Waals surface area contributed by atoms with Crippen LogP contribution in [0.4, 0.5) is 0 Å². The molecule has 0 aromatic rings. The van der Waals surface area contributed by atoms with Gasteiger partial charge in [-0.15, -0.1) is 5.12 Å². The lowest BCUT2D eigenvalue weighted by Crippen LogP contribution is -2.36. The molecule has 1 aliphatic heterocycles. The van der Waals surface area contributed by atoms with Gasteiger partial charge in [-0.25, -0.2) is 5.53 Å². The van der Waals surface area contributed by atoms with Crippen LogP contribution in [0.15, 0.2) is 5.10 Å². The van der Waals surface area contributed by atoms with E-state index in [1.807, 2.05) is 19.1 Å². The Kier molecular flexibility index (Phi) is 0.867. The van der Waals surface area contributed by atoms with Crippen LogP contribution < -0.4 is 5.53 Å². The second kappa shape index (κ2) is 1.38. The average Bonchev–Trinajstić information content (AvgIpc) is 1.91. The van der Waals surface area contributed by atoms with E-state index in [0.29, 0.717) is 0 Å². The lowest BCUT2D eigenvalue weighted by Gasteiger charge is -2.15. The van der Waals surface area contributed by atoms with E-state index in [1.165, 1.54) is 0 Å². The van der Waals surface area contributed by atoms with E-state index in [1.54, 1.807) is 11.5 Å². The fourth-order valence-corrected chi connectivity index (χ4v) is 0.341. The second-order valence-corrected chi connectivity index (χ2v) is 1.44. The first-order valence-corrected chi connectivity index (χ1v) is 2.06. The van der Waals surface area contributed by atoms with Gasteiger partial charge in [-0.3, -0.25) is 5.01 Å². The number of hydrogen-bond donors (Lipinski definition) is 1. The Labute approximate surface area is 42.3 Å². The lowest BCUT2D eigenvalue weighted by molar-refractivity contribution is 0.0759. The summed E-state index contributed by atoms with van der Waals surface area (Å²) in [6.45, 7) is 0. The molecule has 0 aliphatic carbocycles. The summed E-state index contributed by atoms with van der Waals surface area (Å²) in [5.74, 6) is 0. The number of nitrogens with zero attached hydrogens (tertiary/aromatic N) is 3. The lowest BCUT2D eigenvalue weighted by atomic mass is 11.1. The molecule has 4 heteroatoms. The molecule has 40 valence electrons. The van der Waals surface area contributed by atoms with Gasteiger partial charge in [0.1, 0.15) is 6.34 Å². The van der Waals surface area contributed by atoms with Crippen LogP contribution in [-0.4, -0.2) is 30.6 Å². The van der Waals surface area contributed by atoms with Crippen LogP contribution in [0, 0.1) is 0 Å². The molecule has 0 saturated heterocycles. The smallest absolute Gasteiger partial charge is 0.128 e. The summed E-state index contributed by atoms with van der Waals surface area (Å²) in [6.07, 6.45) is 1.69. The van der Waals surface area contributed by atoms with Gasteiger partial charge in [-0.05, 0) is 0 Å². The summed E-state index contributed by atoms with van der Waals surface area (Å²) in [7, 11) is 3.79. The van der Waals surface area contributed by atoms with E-state index in [0.717, 1.165) is 0 Å². The van der Waals surface area contributed by atoms with Gasteiger partial charge in [0.2, 0.25) is 0 Å². The van der Waals surface area contributed by atoms with Crippen LogP contribution in [0.25, 0.3) is 0 Å². The Bertz CT molecular complexity index is 88.9. The van der Waals surface area contributed by atoms with E-state index in [4.69, 9.17) is 0 Å². The molecule has 0 unspecified atom stereocenters. The van der Waals surface area contributed by atoms with Crippen molar-refractivity contribution in [2.75, 3.05) is 14.1 Å². The van der Waals surface area contributed by atoms with Gasteiger partial charge in [0.25, 0.3) is 0 Å². The molecule has 0 atom stereocenters. The quantitative estimate of drug-likeness (QED) is 0.433. The Morgan fingerprint density at radius 2 is 2.29 bits per heavy atom. The molecule has 1 rings (SSSR count). The van der Waals surface area contributed by atoms with Crippen molar-refractivity contribution >= 4 is 6.34 Å². The highest BCUT2D eigenvalue weighted by atomic mass is 15.9. The molecular weight excluding hydrogens is 92.1 g/mol. The van der Waals surface area contributed by atoms with Crippen LogP contribution in [0.1, 0.15) is 0 Å². The molecule has 0 radical (unpaired) electrons. The summed E-state index contributed by atoms with van der Waals surface area (Å²) in [4.78, 5) is 0. The molecule has 0 bridgehead atoms. The summed E-state index contributed by atoms with van der Waals surface area (Å²) >= 11 is 0. The molecule has 1 N–H and O–H groups in total.